The third-order valence-electron chi connectivity index (χ3n) is 4.60. The summed E-state index contributed by atoms with van der Waals surface area (Å²) in [5, 5.41) is 6.12. The second-order valence-corrected chi connectivity index (χ2v) is 6.43. The number of likely N-dealkylation sites (tertiary alicyclic amines) is 1. The van der Waals surface area contributed by atoms with Gasteiger partial charge in [0.25, 0.3) is 0 Å². The first-order valence-corrected chi connectivity index (χ1v) is 8.40. The van der Waals surface area contributed by atoms with Gasteiger partial charge < -0.3 is 15.5 Å². The number of piperidine rings is 1. The van der Waals surface area contributed by atoms with Crippen molar-refractivity contribution in [3.63, 3.8) is 0 Å². The van der Waals surface area contributed by atoms with Crippen LogP contribution in [0.15, 0.2) is 18.2 Å². The Morgan fingerprint density at radius 3 is 2.72 bits per heavy atom. The summed E-state index contributed by atoms with van der Waals surface area (Å²) in [6.45, 7) is 4.07. The van der Waals surface area contributed by atoms with Crippen LogP contribution in [0, 0.1) is 12.8 Å². The molecule has 0 spiro atoms. The third kappa shape index (κ3) is 5.56. The van der Waals surface area contributed by atoms with E-state index in [1.807, 2.05) is 24.0 Å². The molecule has 1 aromatic heterocycles. The second-order valence-electron chi connectivity index (χ2n) is 6.43. The van der Waals surface area contributed by atoms with Crippen LogP contribution in [0.3, 0.4) is 0 Å². The number of pyridine rings is 1. The zero-order valence-corrected chi connectivity index (χ0v) is 16.0. The van der Waals surface area contributed by atoms with Gasteiger partial charge in [0, 0.05) is 18.8 Å². The molecule has 0 aliphatic carbocycles. The van der Waals surface area contributed by atoms with Crippen molar-refractivity contribution in [2.75, 3.05) is 25.0 Å². The van der Waals surface area contributed by atoms with Gasteiger partial charge in [0.1, 0.15) is 5.82 Å². The molecule has 0 radical (unpaired) electrons. The zero-order chi connectivity index (χ0) is 16.2. The number of nitrogens with one attached hydrogen (secondary N) is 2. The van der Waals surface area contributed by atoms with E-state index in [9.17, 15) is 9.59 Å². The highest BCUT2D eigenvalue weighted by atomic mass is 35.5. The van der Waals surface area contributed by atoms with E-state index in [4.69, 9.17) is 0 Å². The summed E-state index contributed by atoms with van der Waals surface area (Å²) in [6.07, 6.45) is 3.64. The van der Waals surface area contributed by atoms with Gasteiger partial charge in [-0.2, -0.15) is 0 Å². The van der Waals surface area contributed by atoms with Gasteiger partial charge in [-0.3, -0.25) is 9.59 Å². The first-order valence-electron chi connectivity index (χ1n) is 8.40. The summed E-state index contributed by atoms with van der Waals surface area (Å²) in [4.78, 5) is 31.1. The third-order valence-corrected chi connectivity index (χ3v) is 4.60. The number of nitrogens with zero attached hydrogens (tertiary/aromatic N) is 2. The molecule has 2 unspecified atom stereocenters. The molecule has 140 valence electrons. The van der Waals surface area contributed by atoms with Crippen molar-refractivity contribution in [3.8, 4) is 0 Å². The number of aryl methyl sites for hydroxylation is 1. The van der Waals surface area contributed by atoms with Gasteiger partial charge in [0.15, 0.2) is 0 Å². The normalized spacial score (nSPS) is 22.5. The van der Waals surface area contributed by atoms with E-state index < -0.39 is 0 Å². The van der Waals surface area contributed by atoms with Gasteiger partial charge in [0.05, 0.1) is 12.0 Å². The minimum atomic E-state index is -0.156. The molecular formula is C17H26Cl2N4O2. The van der Waals surface area contributed by atoms with E-state index in [1.54, 1.807) is 6.07 Å². The minimum Gasteiger partial charge on any atom is -0.341 e. The molecule has 3 rings (SSSR count). The summed E-state index contributed by atoms with van der Waals surface area (Å²) >= 11 is 0. The van der Waals surface area contributed by atoms with Gasteiger partial charge in [-0.1, -0.05) is 6.07 Å². The first-order chi connectivity index (χ1) is 11.1. The minimum absolute atomic E-state index is 0. The molecule has 0 aromatic carbocycles. The SMILES string of the molecule is Cc1cccc(NC(=O)C2CCCN(C(=O)C3CCCN3)C2)n1.Cl.Cl. The van der Waals surface area contributed by atoms with E-state index in [0.717, 1.165) is 44.5 Å². The molecule has 3 heterocycles. The topological polar surface area (TPSA) is 74.3 Å². The van der Waals surface area contributed by atoms with Gasteiger partial charge in [-0.15, -0.1) is 24.8 Å². The molecule has 2 aliphatic rings. The van der Waals surface area contributed by atoms with Gasteiger partial charge in [-0.05, 0) is 51.3 Å². The number of halogens is 2. The lowest BCUT2D eigenvalue weighted by Gasteiger charge is -2.33. The first kappa shape index (κ1) is 21.7. The molecule has 2 atom stereocenters. The van der Waals surface area contributed by atoms with E-state index in [1.165, 1.54) is 0 Å². The predicted octanol–water partition coefficient (Wildman–Crippen LogP) is 2.16. The molecule has 2 aliphatic heterocycles. The maximum Gasteiger partial charge on any atom is 0.239 e. The molecule has 2 fully saturated rings. The fourth-order valence-electron chi connectivity index (χ4n) is 3.35. The average Bonchev–Trinajstić information content (AvgIpc) is 3.09. The monoisotopic (exact) mass is 388 g/mol. The average molecular weight is 389 g/mol. The summed E-state index contributed by atoms with van der Waals surface area (Å²) in [7, 11) is 0. The number of amides is 2. The summed E-state index contributed by atoms with van der Waals surface area (Å²) in [6, 6.07) is 5.50. The van der Waals surface area contributed by atoms with E-state index >= 15 is 0 Å². The number of aromatic nitrogens is 1. The van der Waals surface area contributed by atoms with Crippen LogP contribution in [0.4, 0.5) is 5.82 Å². The number of carbonyl (C=O) groups excluding carboxylic acids is 2. The molecule has 2 amide bonds. The predicted molar refractivity (Wildman–Crippen MR) is 102 cm³/mol. The molecule has 2 N–H and O–H groups in total. The molecule has 8 heteroatoms. The Morgan fingerprint density at radius 2 is 2.04 bits per heavy atom. The molecule has 2 saturated heterocycles. The number of rotatable bonds is 3. The number of carbonyl (C=O) groups is 2. The maximum absolute atomic E-state index is 12.5. The van der Waals surface area contributed by atoms with Crippen molar-refractivity contribution in [1.29, 1.82) is 0 Å². The molecule has 0 bridgehead atoms. The van der Waals surface area contributed by atoms with Gasteiger partial charge in [0.2, 0.25) is 11.8 Å². The van der Waals surface area contributed by atoms with E-state index in [-0.39, 0.29) is 48.6 Å². The van der Waals surface area contributed by atoms with Crippen LogP contribution in [-0.2, 0) is 9.59 Å². The Balaban J connectivity index is 0.00000156. The van der Waals surface area contributed by atoms with Crippen LogP contribution in [0.5, 0.6) is 0 Å². The van der Waals surface area contributed by atoms with Crippen molar-refractivity contribution in [1.82, 2.24) is 15.2 Å². The molecular weight excluding hydrogens is 363 g/mol. The fraction of sp³-hybridized carbons (Fsp3) is 0.588. The van der Waals surface area contributed by atoms with Gasteiger partial charge in [-0.25, -0.2) is 4.98 Å². The van der Waals surface area contributed by atoms with Crippen molar-refractivity contribution in [2.24, 2.45) is 5.92 Å². The Morgan fingerprint density at radius 1 is 1.24 bits per heavy atom. The Kier molecular flexibility index (Phi) is 8.62. The molecule has 1 aromatic rings. The van der Waals surface area contributed by atoms with Crippen molar-refractivity contribution >= 4 is 42.4 Å². The lowest BCUT2D eigenvalue weighted by atomic mass is 9.96. The van der Waals surface area contributed by atoms with Crippen LogP contribution in [0.1, 0.15) is 31.4 Å². The van der Waals surface area contributed by atoms with E-state index in [2.05, 4.69) is 15.6 Å². The Hall–Kier alpha value is -1.37. The summed E-state index contributed by atoms with van der Waals surface area (Å²) < 4.78 is 0. The van der Waals surface area contributed by atoms with Crippen molar-refractivity contribution < 1.29 is 9.59 Å². The Bertz CT molecular complexity index is 594. The summed E-state index contributed by atoms with van der Waals surface area (Å²) in [5.74, 6) is 0.529. The largest absolute Gasteiger partial charge is 0.341 e. The highest BCUT2D eigenvalue weighted by molar-refractivity contribution is 5.92. The van der Waals surface area contributed by atoms with Crippen molar-refractivity contribution in [2.45, 2.75) is 38.6 Å². The quantitative estimate of drug-likeness (QED) is 0.831. The maximum atomic E-state index is 12.5. The number of hydrogen-bond donors (Lipinski definition) is 2. The standard InChI is InChI=1S/C17H24N4O2.2ClH/c1-12-5-2-8-15(19-12)20-16(22)13-6-4-10-21(11-13)17(23)14-7-3-9-18-14;;/h2,5,8,13-14,18H,3-4,6-7,9-11H2,1H3,(H,19,20,22);2*1H. The lowest BCUT2D eigenvalue weighted by molar-refractivity contribution is -0.136. The smallest absolute Gasteiger partial charge is 0.239 e. The molecule has 25 heavy (non-hydrogen) atoms. The zero-order valence-electron chi connectivity index (χ0n) is 14.4. The van der Waals surface area contributed by atoms with Gasteiger partial charge >= 0.3 is 0 Å². The number of anilines is 1. The van der Waals surface area contributed by atoms with E-state index in [0.29, 0.717) is 12.4 Å². The van der Waals surface area contributed by atoms with Crippen LogP contribution in [0.2, 0.25) is 0 Å². The summed E-state index contributed by atoms with van der Waals surface area (Å²) in [5.41, 5.74) is 0.871. The fourth-order valence-corrected chi connectivity index (χ4v) is 3.35. The van der Waals surface area contributed by atoms with Crippen LogP contribution < -0.4 is 10.6 Å². The van der Waals surface area contributed by atoms with Crippen molar-refractivity contribution in [3.05, 3.63) is 23.9 Å². The highest BCUT2D eigenvalue weighted by Gasteiger charge is 2.32. The number of hydrogen-bond acceptors (Lipinski definition) is 4. The molecule has 6 nitrogen and oxygen atoms in total. The van der Waals surface area contributed by atoms with Crippen LogP contribution >= 0.6 is 24.8 Å². The molecule has 0 saturated carbocycles. The highest BCUT2D eigenvalue weighted by Crippen LogP contribution is 2.20. The Labute approximate surface area is 161 Å². The van der Waals surface area contributed by atoms with Crippen LogP contribution in [-0.4, -0.2) is 47.4 Å². The second kappa shape index (κ2) is 9.94. The van der Waals surface area contributed by atoms with Crippen LogP contribution in [0.25, 0.3) is 0 Å². The lowest BCUT2D eigenvalue weighted by Crippen LogP contribution is -2.49.